The lowest BCUT2D eigenvalue weighted by Gasteiger charge is -2.00. The molecule has 72 valence electrons. The van der Waals surface area contributed by atoms with Gasteiger partial charge < -0.3 is 15.2 Å². The number of unbranched alkanes of at least 4 members (excludes halogenated alkanes) is 1. The van der Waals surface area contributed by atoms with Gasteiger partial charge in [-0.05, 0) is 32.4 Å². The summed E-state index contributed by atoms with van der Waals surface area (Å²) in [5.41, 5.74) is 6.39. The van der Waals surface area contributed by atoms with E-state index in [1.54, 1.807) is 6.20 Å². The van der Waals surface area contributed by atoms with Crippen LogP contribution in [0.25, 0.3) is 0 Å². The fourth-order valence-corrected chi connectivity index (χ4v) is 1.07. The molecular formula is C7H16NO3P. The molecule has 0 amide bonds. The molecule has 5 heteroatoms. The molecule has 0 spiro atoms. The molecule has 3 N–H and O–H groups in total. The first-order valence-corrected chi connectivity index (χ1v) is 5.16. The van der Waals surface area contributed by atoms with Crippen LogP contribution in [0.3, 0.4) is 0 Å². The van der Waals surface area contributed by atoms with Gasteiger partial charge in [0, 0.05) is 0 Å². The third-order valence-electron chi connectivity index (χ3n) is 1.48. The van der Waals surface area contributed by atoms with Gasteiger partial charge in [0.1, 0.15) is 0 Å². The predicted molar refractivity (Wildman–Crippen MR) is 49.0 cm³/mol. The molecule has 4 nitrogen and oxygen atoms in total. The fourth-order valence-electron chi connectivity index (χ4n) is 0.749. The Kier molecular flexibility index (Phi) is 7.16. The topological polar surface area (TPSA) is 72.5 Å². The number of hydrogen-bond donors (Lipinski definition) is 2. The molecule has 0 saturated carbocycles. The molecule has 0 rings (SSSR count). The molecule has 0 bridgehead atoms. The monoisotopic (exact) mass is 193 g/mol. The Bertz CT molecular complexity index is 170. The van der Waals surface area contributed by atoms with Crippen molar-refractivity contribution in [1.82, 2.24) is 0 Å². The maximum absolute atomic E-state index is 10.1. The Hall–Kier alpha value is -0.310. The van der Waals surface area contributed by atoms with Crippen molar-refractivity contribution >= 4 is 8.25 Å². The van der Waals surface area contributed by atoms with Crippen LogP contribution in [0.15, 0.2) is 11.8 Å². The molecule has 0 aromatic rings. The minimum atomic E-state index is -2.73. The van der Waals surface area contributed by atoms with Crippen LogP contribution in [0, 0.1) is 0 Å². The third-order valence-corrected chi connectivity index (χ3v) is 1.93. The van der Waals surface area contributed by atoms with Crippen molar-refractivity contribution in [2.75, 3.05) is 6.61 Å². The van der Waals surface area contributed by atoms with E-state index in [0.29, 0.717) is 6.61 Å². The first-order valence-electron chi connectivity index (χ1n) is 3.90. The van der Waals surface area contributed by atoms with Gasteiger partial charge in [-0.25, -0.2) is 0 Å². The van der Waals surface area contributed by atoms with Gasteiger partial charge in [-0.1, -0.05) is 5.57 Å². The summed E-state index contributed by atoms with van der Waals surface area (Å²) in [6.45, 7) is 2.31. The standard InChI is InChI=1S/C7H16NO3P/c1-7(6-8)4-2-3-5-11-12(9)10/h6,12H,2-5,8H2,1H3,(H,9,10)/b7-6+. The van der Waals surface area contributed by atoms with Crippen molar-refractivity contribution in [3.05, 3.63) is 11.8 Å². The normalized spacial score (nSPS) is 14.7. The van der Waals surface area contributed by atoms with E-state index in [1.807, 2.05) is 6.92 Å². The minimum absolute atomic E-state index is 0.353. The molecule has 0 heterocycles. The Morgan fingerprint density at radius 1 is 1.67 bits per heavy atom. The second-order valence-corrected chi connectivity index (χ2v) is 3.40. The molecule has 12 heavy (non-hydrogen) atoms. The van der Waals surface area contributed by atoms with Gasteiger partial charge in [0.25, 0.3) is 0 Å². The van der Waals surface area contributed by atoms with Gasteiger partial charge in [-0.3, -0.25) is 4.57 Å². The highest BCUT2D eigenvalue weighted by Crippen LogP contribution is 2.15. The second-order valence-electron chi connectivity index (χ2n) is 2.58. The lowest BCUT2D eigenvalue weighted by atomic mass is 10.1. The van der Waals surface area contributed by atoms with Gasteiger partial charge in [-0.15, -0.1) is 0 Å². The van der Waals surface area contributed by atoms with Crippen LogP contribution < -0.4 is 5.73 Å². The second kappa shape index (κ2) is 7.35. The Labute approximate surface area is 73.4 Å². The fraction of sp³-hybridized carbons (Fsp3) is 0.714. The van der Waals surface area contributed by atoms with E-state index in [-0.39, 0.29) is 0 Å². The summed E-state index contributed by atoms with van der Waals surface area (Å²) in [5.74, 6) is 0. The van der Waals surface area contributed by atoms with E-state index in [4.69, 9.17) is 10.6 Å². The van der Waals surface area contributed by atoms with Crippen LogP contribution in [0.2, 0.25) is 0 Å². The van der Waals surface area contributed by atoms with Crippen molar-refractivity contribution in [2.45, 2.75) is 26.2 Å². The maximum atomic E-state index is 10.1. The van der Waals surface area contributed by atoms with Crippen LogP contribution in [0.4, 0.5) is 0 Å². The molecule has 0 saturated heterocycles. The van der Waals surface area contributed by atoms with Crippen molar-refractivity contribution in [3.8, 4) is 0 Å². The quantitative estimate of drug-likeness (QED) is 0.494. The highest BCUT2D eigenvalue weighted by Gasteiger charge is 1.93. The molecule has 0 aromatic heterocycles. The van der Waals surface area contributed by atoms with E-state index in [1.165, 1.54) is 0 Å². The lowest BCUT2D eigenvalue weighted by Crippen LogP contribution is -1.89. The Balaban J connectivity index is 3.16. The highest BCUT2D eigenvalue weighted by atomic mass is 31.1. The average Bonchev–Trinajstić information content (AvgIpc) is 2.03. The summed E-state index contributed by atoms with van der Waals surface area (Å²) in [4.78, 5) is 8.30. The van der Waals surface area contributed by atoms with Crippen LogP contribution in [-0.4, -0.2) is 11.5 Å². The van der Waals surface area contributed by atoms with Gasteiger partial charge in [0.05, 0.1) is 6.61 Å². The van der Waals surface area contributed by atoms with Crippen molar-refractivity contribution in [1.29, 1.82) is 0 Å². The van der Waals surface area contributed by atoms with E-state index in [2.05, 4.69) is 4.52 Å². The summed E-state index contributed by atoms with van der Waals surface area (Å²) < 4.78 is 14.6. The van der Waals surface area contributed by atoms with Gasteiger partial charge in [-0.2, -0.15) is 0 Å². The molecule has 1 unspecified atom stereocenters. The van der Waals surface area contributed by atoms with E-state index >= 15 is 0 Å². The Morgan fingerprint density at radius 3 is 2.83 bits per heavy atom. The van der Waals surface area contributed by atoms with Crippen LogP contribution in [0.5, 0.6) is 0 Å². The SMILES string of the molecule is C/C(=C\N)CCCCO[PH](=O)O. The largest absolute Gasteiger partial charge is 0.405 e. The summed E-state index contributed by atoms with van der Waals surface area (Å²) in [5, 5.41) is 0. The van der Waals surface area contributed by atoms with Crippen LogP contribution >= 0.6 is 8.25 Å². The maximum Gasteiger partial charge on any atom is 0.316 e. The molecule has 0 fully saturated rings. The summed E-state index contributed by atoms with van der Waals surface area (Å²) in [6.07, 6.45) is 4.23. The molecule has 0 aliphatic rings. The summed E-state index contributed by atoms with van der Waals surface area (Å²) in [6, 6.07) is 0. The zero-order valence-corrected chi connectivity index (χ0v) is 8.25. The van der Waals surface area contributed by atoms with Gasteiger partial charge in [0.2, 0.25) is 0 Å². The first kappa shape index (κ1) is 11.7. The highest BCUT2D eigenvalue weighted by molar-refractivity contribution is 7.32. The van der Waals surface area contributed by atoms with Gasteiger partial charge >= 0.3 is 8.25 Å². The smallest absolute Gasteiger partial charge is 0.316 e. The summed E-state index contributed by atoms with van der Waals surface area (Å²) in [7, 11) is -2.73. The number of hydrogen-bond acceptors (Lipinski definition) is 3. The van der Waals surface area contributed by atoms with E-state index in [9.17, 15) is 4.57 Å². The van der Waals surface area contributed by atoms with Crippen LogP contribution in [-0.2, 0) is 9.09 Å². The average molecular weight is 193 g/mol. The molecule has 0 aliphatic heterocycles. The zero-order valence-electron chi connectivity index (χ0n) is 7.25. The zero-order chi connectivity index (χ0) is 9.40. The lowest BCUT2D eigenvalue weighted by molar-refractivity contribution is 0.275. The molecular weight excluding hydrogens is 177 g/mol. The molecule has 0 aliphatic carbocycles. The Morgan fingerprint density at radius 2 is 2.33 bits per heavy atom. The molecule has 1 atom stereocenters. The molecule has 0 aromatic carbocycles. The number of allylic oxidation sites excluding steroid dienone is 1. The van der Waals surface area contributed by atoms with Gasteiger partial charge in [0.15, 0.2) is 0 Å². The van der Waals surface area contributed by atoms with Crippen molar-refractivity contribution in [2.24, 2.45) is 5.73 Å². The number of rotatable bonds is 6. The van der Waals surface area contributed by atoms with Crippen molar-refractivity contribution < 1.29 is 14.0 Å². The van der Waals surface area contributed by atoms with E-state index < -0.39 is 8.25 Å². The predicted octanol–water partition coefficient (Wildman–Crippen LogP) is 1.42. The summed E-state index contributed by atoms with van der Waals surface area (Å²) >= 11 is 0. The number of nitrogens with two attached hydrogens (primary N) is 1. The van der Waals surface area contributed by atoms with Crippen LogP contribution in [0.1, 0.15) is 26.2 Å². The minimum Gasteiger partial charge on any atom is -0.405 e. The van der Waals surface area contributed by atoms with E-state index in [0.717, 1.165) is 24.8 Å². The third kappa shape index (κ3) is 7.79. The first-order chi connectivity index (χ1) is 5.66. The van der Waals surface area contributed by atoms with Crippen molar-refractivity contribution in [3.63, 3.8) is 0 Å². The molecule has 0 radical (unpaired) electrons.